The predicted octanol–water partition coefficient (Wildman–Crippen LogP) is 4.08. The Bertz CT molecular complexity index is 584. The summed E-state index contributed by atoms with van der Waals surface area (Å²) >= 11 is 3.46. The molecule has 0 saturated heterocycles. The van der Waals surface area contributed by atoms with Crippen LogP contribution in [0.3, 0.4) is 0 Å². The second-order valence-electron chi connectivity index (χ2n) is 4.32. The van der Waals surface area contributed by atoms with Crippen LogP contribution in [0, 0.1) is 6.92 Å². The Labute approximate surface area is 121 Å². The molecule has 0 aromatic heterocycles. The van der Waals surface area contributed by atoms with Gasteiger partial charge in [-0.25, -0.2) is 0 Å². The molecule has 0 spiro atoms. The molecule has 0 aliphatic heterocycles. The first-order valence-electron chi connectivity index (χ1n) is 5.96. The second kappa shape index (κ2) is 5.97. The number of aryl methyl sites for hydroxylation is 1. The molecule has 2 rings (SSSR count). The van der Waals surface area contributed by atoms with Crippen molar-refractivity contribution in [2.45, 2.75) is 13.5 Å². The Hall–Kier alpha value is -1.68. The Morgan fingerprint density at radius 1 is 1.21 bits per heavy atom. The average molecular weight is 322 g/mol. The summed E-state index contributed by atoms with van der Waals surface area (Å²) in [7, 11) is 1.54. The lowest BCUT2D eigenvalue weighted by Gasteiger charge is -2.11. The fraction of sp³-hybridized carbons (Fsp3) is 0.200. The van der Waals surface area contributed by atoms with Crippen LogP contribution >= 0.6 is 15.9 Å². The highest BCUT2D eigenvalue weighted by molar-refractivity contribution is 9.10. The van der Waals surface area contributed by atoms with E-state index in [4.69, 9.17) is 4.74 Å². The van der Waals surface area contributed by atoms with Gasteiger partial charge in [-0.3, -0.25) is 0 Å². The Kier molecular flexibility index (Phi) is 4.32. The molecule has 0 atom stereocenters. The molecule has 0 saturated carbocycles. The third kappa shape index (κ3) is 3.41. The lowest BCUT2D eigenvalue weighted by atomic mass is 10.1. The molecule has 2 aromatic carbocycles. The van der Waals surface area contributed by atoms with Gasteiger partial charge in [0.25, 0.3) is 0 Å². The van der Waals surface area contributed by atoms with Crippen molar-refractivity contribution in [3.05, 3.63) is 52.0 Å². The zero-order valence-electron chi connectivity index (χ0n) is 10.9. The van der Waals surface area contributed by atoms with Crippen LogP contribution in [0.5, 0.6) is 11.5 Å². The van der Waals surface area contributed by atoms with Gasteiger partial charge in [0.2, 0.25) is 0 Å². The summed E-state index contributed by atoms with van der Waals surface area (Å²) in [6.07, 6.45) is 0. The molecule has 0 radical (unpaired) electrons. The largest absolute Gasteiger partial charge is 0.504 e. The normalized spacial score (nSPS) is 10.3. The van der Waals surface area contributed by atoms with Gasteiger partial charge in [-0.1, -0.05) is 28.1 Å². The van der Waals surface area contributed by atoms with Gasteiger partial charge in [0.05, 0.1) is 7.11 Å². The van der Waals surface area contributed by atoms with Crippen LogP contribution in [0.15, 0.2) is 40.9 Å². The Morgan fingerprint density at radius 2 is 2.00 bits per heavy atom. The predicted molar refractivity (Wildman–Crippen MR) is 80.9 cm³/mol. The Balaban J connectivity index is 2.10. The van der Waals surface area contributed by atoms with E-state index < -0.39 is 0 Å². The number of benzene rings is 2. The average Bonchev–Trinajstić information content (AvgIpc) is 2.40. The molecule has 0 bridgehead atoms. The van der Waals surface area contributed by atoms with E-state index in [1.165, 1.54) is 12.7 Å². The fourth-order valence-corrected chi connectivity index (χ4v) is 2.19. The zero-order valence-corrected chi connectivity index (χ0v) is 12.5. The molecule has 0 amide bonds. The van der Waals surface area contributed by atoms with Crippen LogP contribution in [-0.4, -0.2) is 12.2 Å². The zero-order chi connectivity index (χ0) is 13.8. The highest BCUT2D eigenvalue weighted by Gasteiger charge is 2.03. The molecule has 100 valence electrons. The third-order valence-electron chi connectivity index (χ3n) is 2.93. The SMILES string of the molecule is COc1ccc(CNc2cc(Br)ccc2C)cc1O. The molecule has 3 nitrogen and oxygen atoms in total. The summed E-state index contributed by atoms with van der Waals surface area (Å²) in [5.41, 5.74) is 3.25. The summed E-state index contributed by atoms with van der Waals surface area (Å²) in [5, 5.41) is 13.1. The highest BCUT2D eigenvalue weighted by atomic mass is 79.9. The summed E-state index contributed by atoms with van der Waals surface area (Å²) in [4.78, 5) is 0. The smallest absolute Gasteiger partial charge is 0.160 e. The molecule has 0 aliphatic carbocycles. The van der Waals surface area contributed by atoms with Gasteiger partial charge in [0.15, 0.2) is 11.5 Å². The number of aromatic hydroxyl groups is 1. The number of methoxy groups -OCH3 is 1. The number of hydrogen-bond acceptors (Lipinski definition) is 3. The summed E-state index contributed by atoms with van der Waals surface area (Å²) in [5.74, 6) is 0.648. The van der Waals surface area contributed by atoms with Crippen LogP contribution in [0.4, 0.5) is 5.69 Å². The molecular weight excluding hydrogens is 306 g/mol. The van der Waals surface area contributed by atoms with Gasteiger partial charge >= 0.3 is 0 Å². The maximum absolute atomic E-state index is 9.73. The van der Waals surface area contributed by atoms with Crippen molar-refractivity contribution in [3.8, 4) is 11.5 Å². The topological polar surface area (TPSA) is 41.5 Å². The molecule has 19 heavy (non-hydrogen) atoms. The second-order valence-corrected chi connectivity index (χ2v) is 5.23. The van der Waals surface area contributed by atoms with Crippen molar-refractivity contribution in [3.63, 3.8) is 0 Å². The van der Waals surface area contributed by atoms with Gasteiger partial charge in [-0.05, 0) is 42.3 Å². The summed E-state index contributed by atoms with van der Waals surface area (Å²) < 4.78 is 6.06. The molecule has 0 heterocycles. The van der Waals surface area contributed by atoms with E-state index in [2.05, 4.69) is 34.2 Å². The van der Waals surface area contributed by atoms with E-state index in [1.807, 2.05) is 18.2 Å². The lowest BCUT2D eigenvalue weighted by Crippen LogP contribution is -2.01. The molecule has 4 heteroatoms. The van der Waals surface area contributed by atoms with Crippen LogP contribution < -0.4 is 10.1 Å². The third-order valence-corrected chi connectivity index (χ3v) is 3.42. The first-order chi connectivity index (χ1) is 9.10. The summed E-state index contributed by atoms with van der Waals surface area (Å²) in [6, 6.07) is 11.5. The van der Waals surface area contributed by atoms with Crippen molar-refractivity contribution in [1.82, 2.24) is 0 Å². The number of ether oxygens (including phenoxy) is 1. The number of phenols is 1. The van der Waals surface area contributed by atoms with Crippen molar-refractivity contribution < 1.29 is 9.84 Å². The molecule has 2 N–H and O–H groups in total. The summed E-state index contributed by atoms with van der Waals surface area (Å²) in [6.45, 7) is 2.70. The van der Waals surface area contributed by atoms with E-state index in [0.29, 0.717) is 12.3 Å². The Morgan fingerprint density at radius 3 is 2.68 bits per heavy atom. The van der Waals surface area contributed by atoms with E-state index in [9.17, 15) is 5.11 Å². The lowest BCUT2D eigenvalue weighted by molar-refractivity contribution is 0.373. The molecule has 2 aromatic rings. The van der Waals surface area contributed by atoms with Crippen molar-refractivity contribution in [2.75, 3.05) is 12.4 Å². The van der Waals surface area contributed by atoms with E-state index in [0.717, 1.165) is 15.7 Å². The minimum absolute atomic E-state index is 0.160. The van der Waals surface area contributed by atoms with Crippen molar-refractivity contribution >= 4 is 21.6 Å². The van der Waals surface area contributed by atoms with Crippen LogP contribution in [0.25, 0.3) is 0 Å². The van der Waals surface area contributed by atoms with Crippen molar-refractivity contribution in [2.24, 2.45) is 0 Å². The van der Waals surface area contributed by atoms with E-state index in [-0.39, 0.29) is 5.75 Å². The maximum Gasteiger partial charge on any atom is 0.160 e. The minimum atomic E-state index is 0.160. The van der Waals surface area contributed by atoms with Gasteiger partial charge in [-0.2, -0.15) is 0 Å². The minimum Gasteiger partial charge on any atom is -0.504 e. The first kappa shape index (κ1) is 13.7. The van der Waals surface area contributed by atoms with Crippen LogP contribution in [-0.2, 0) is 6.54 Å². The highest BCUT2D eigenvalue weighted by Crippen LogP contribution is 2.27. The number of rotatable bonds is 4. The van der Waals surface area contributed by atoms with Crippen LogP contribution in [0.1, 0.15) is 11.1 Å². The van der Waals surface area contributed by atoms with Gasteiger partial charge in [0.1, 0.15) is 0 Å². The standard InChI is InChI=1S/C15H16BrNO2/c1-10-3-5-12(16)8-13(10)17-9-11-4-6-15(19-2)14(18)7-11/h3-8,17-18H,9H2,1-2H3. The van der Waals surface area contributed by atoms with E-state index >= 15 is 0 Å². The number of anilines is 1. The van der Waals surface area contributed by atoms with Crippen molar-refractivity contribution in [1.29, 1.82) is 0 Å². The first-order valence-corrected chi connectivity index (χ1v) is 6.75. The number of phenolic OH excluding ortho intramolecular Hbond substituents is 1. The molecule has 0 aliphatic rings. The van der Waals surface area contributed by atoms with Crippen LogP contribution in [0.2, 0.25) is 0 Å². The number of hydrogen-bond donors (Lipinski definition) is 2. The maximum atomic E-state index is 9.73. The molecule has 0 unspecified atom stereocenters. The monoisotopic (exact) mass is 321 g/mol. The molecular formula is C15H16BrNO2. The van der Waals surface area contributed by atoms with Gasteiger partial charge < -0.3 is 15.2 Å². The van der Waals surface area contributed by atoms with Gasteiger partial charge in [-0.15, -0.1) is 0 Å². The fourth-order valence-electron chi connectivity index (χ4n) is 1.83. The number of halogens is 1. The van der Waals surface area contributed by atoms with Gasteiger partial charge in [0, 0.05) is 16.7 Å². The number of nitrogens with one attached hydrogen (secondary N) is 1. The van der Waals surface area contributed by atoms with E-state index in [1.54, 1.807) is 12.1 Å². The quantitative estimate of drug-likeness (QED) is 0.891. The molecule has 0 fully saturated rings.